The molecule has 30 heavy (non-hydrogen) atoms. The van der Waals surface area contributed by atoms with Crippen molar-refractivity contribution in [1.82, 2.24) is 0 Å². The van der Waals surface area contributed by atoms with E-state index in [0.717, 1.165) is 0 Å². The SMILES string of the molecule is COc1ccc(C(=O)O)cc1NC(=O)/C=C/c1ccc(-c2ccccc2[N+](=O)[O-])o1. The zero-order chi connectivity index (χ0) is 21.7. The van der Waals surface area contributed by atoms with Crippen LogP contribution in [0.5, 0.6) is 5.75 Å². The van der Waals surface area contributed by atoms with Crippen LogP contribution in [0.25, 0.3) is 17.4 Å². The third kappa shape index (κ3) is 4.53. The maximum atomic E-state index is 12.2. The number of hydrogen-bond donors (Lipinski definition) is 2. The number of carbonyl (C=O) groups is 2. The number of carboxylic acid groups (broad SMARTS) is 1. The molecular formula is C21H16N2O7. The van der Waals surface area contributed by atoms with Crippen molar-refractivity contribution in [2.75, 3.05) is 12.4 Å². The van der Waals surface area contributed by atoms with Crippen molar-refractivity contribution in [3.63, 3.8) is 0 Å². The summed E-state index contributed by atoms with van der Waals surface area (Å²) < 4.78 is 10.7. The van der Waals surface area contributed by atoms with Crippen LogP contribution in [0.15, 0.2) is 65.1 Å². The van der Waals surface area contributed by atoms with Gasteiger partial charge in [0.15, 0.2) is 0 Å². The van der Waals surface area contributed by atoms with E-state index in [2.05, 4.69) is 5.32 Å². The summed E-state index contributed by atoms with van der Waals surface area (Å²) in [6, 6.07) is 13.4. The summed E-state index contributed by atoms with van der Waals surface area (Å²) in [6.45, 7) is 0. The number of hydrogen-bond acceptors (Lipinski definition) is 6. The molecule has 1 heterocycles. The highest BCUT2D eigenvalue weighted by molar-refractivity contribution is 6.03. The number of amides is 1. The van der Waals surface area contributed by atoms with Gasteiger partial charge in [0.1, 0.15) is 17.3 Å². The van der Waals surface area contributed by atoms with E-state index in [1.54, 1.807) is 30.3 Å². The van der Waals surface area contributed by atoms with Crippen molar-refractivity contribution in [2.24, 2.45) is 0 Å². The van der Waals surface area contributed by atoms with Crippen LogP contribution in [0, 0.1) is 10.1 Å². The summed E-state index contributed by atoms with van der Waals surface area (Å²) in [5, 5.41) is 22.8. The average molecular weight is 408 g/mol. The Morgan fingerprint density at radius 2 is 1.93 bits per heavy atom. The third-order valence-corrected chi connectivity index (χ3v) is 4.10. The molecule has 0 saturated carbocycles. The smallest absolute Gasteiger partial charge is 0.335 e. The standard InChI is InChI=1S/C21H16N2O7/c1-29-19-9-6-13(21(25)26)12-16(19)22-20(24)11-8-14-7-10-18(30-14)15-4-2-3-5-17(15)23(27)28/h2-12H,1H3,(H,22,24)(H,25,26)/b11-8+. The third-order valence-electron chi connectivity index (χ3n) is 4.10. The molecule has 0 radical (unpaired) electrons. The fraction of sp³-hybridized carbons (Fsp3) is 0.0476. The topological polar surface area (TPSA) is 132 Å². The maximum Gasteiger partial charge on any atom is 0.335 e. The molecule has 0 spiro atoms. The molecule has 9 heteroatoms. The summed E-state index contributed by atoms with van der Waals surface area (Å²) in [4.78, 5) is 34.0. The number of carboxylic acids is 1. The molecule has 0 bridgehead atoms. The summed E-state index contributed by atoms with van der Waals surface area (Å²) >= 11 is 0. The largest absolute Gasteiger partial charge is 0.495 e. The number of aromatic carboxylic acids is 1. The summed E-state index contributed by atoms with van der Waals surface area (Å²) in [6.07, 6.45) is 2.58. The first-order valence-electron chi connectivity index (χ1n) is 8.63. The number of ether oxygens (including phenoxy) is 1. The molecule has 1 aromatic heterocycles. The van der Waals surface area contributed by atoms with Crippen molar-refractivity contribution < 1.29 is 28.8 Å². The normalized spacial score (nSPS) is 10.7. The van der Waals surface area contributed by atoms with Gasteiger partial charge in [0, 0.05) is 12.1 Å². The molecule has 0 unspecified atom stereocenters. The molecule has 0 saturated heterocycles. The Morgan fingerprint density at radius 3 is 2.63 bits per heavy atom. The van der Waals surface area contributed by atoms with Gasteiger partial charge in [0.25, 0.3) is 5.69 Å². The van der Waals surface area contributed by atoms with Gasteiger partial charge in [0.05, 0.1) is 28.8 Å². The quantitative estimate of drug-likeness (QED) is 0.340. The molecule has 1 amide bonds. The second-order valence-corrected chi connectivity index (χ2v) is 6.02. The van der Waals surface area contributed by atoms with E-state index in [-0.39, 0.29) is 22.7 Å². The predicted octanol–water partition coefficient (Wildman–Crippen LogP) is 4.21. The molecule has 0 aliphatic rings. The van der Waals surface area contributed by atoms with Crippen molar-refractivity contribution in [3.8, 4) is 17.1 Å². The zero-order valence-corrected chi connectivity index (χ0v) is 15.7. The van der Waals surface area contributed by atoms with Crippen molar-refractivity contribution in [3.05, 3.63) is 82.1 Å². The first-order chi connectivity index (χ1) is 14.4. The van der Waals surface area contributed by atoms with Crippen LogP contribution in [0.2, 0.25) is 0 Å². The van der Waals surface area contributed by atoms with Crippen LogP contribution in [0.3, 0.4) is 0 Å². The number of rotatable bonds is 7. The number of nitrogens with zero attached hydrogens (tertiary/aromatic N) is 1. The molecule has 2 N–H and O–H groups in total. The molecule has 2 aromatic carbocycles. The fourth-order valence-electron chi connectivity index (χ4n) is 2.70. The van der Waals surface area contributed by atoms with Crippen molar-refractivity contribution in [1.29, 1.82) is 0 Å². The van der Waals surface area contributed by atoms with Crippen molar-refractivity contribution in [2.45, 2.75) is 0 Å². The molecule has 0 aliphatic carbocycles. The van der Waals surface area contributed by atoms with Gasteiger partial charge in [-0.15, -0.1) is 0 Å². The number of nitrogens with one attached hydrogen (secondary N) is 1. The number of nitro benzene ring substituents is 1. The monoisotopic (exact) mass is 408 g/mol. The van der Waals surface area contributed by atoms with E-state index < -0.39 is 16.8 Å². The Kier molecular flexibility index (Phi) is 5.92. The van der Waals surface area contributed by atoms with E-state index >= 15 is 0 Å². The molecule has 3 aromatic rings. The minimum absolute atomic E-state index is 0.00443. The fourth-order valence-corrected chi connectivity index (χ4v) is 2.70. The molecule has 9 nitrogen and oxygen atoms in total. The highest BCUT2D eigenvalue weighted by atomic mass is 16.6. The summed E-state index contributed by atoms with van der Waals surface area (Å²) in [5.74, 6) is -0.776. The van der Waals surface area contributed by atoms with E-state index in [9.17, 15) is 19.7 Å². The summed E-state index contributed by atoms with van der Waals surface area (Å²) in [7, 11) is 1.40. The molecular weight excluding hydrogens is 392 g/mol. The number of nitro groups is 1. The first kappa shape index (κ1) is 20.3. The van der Waals surface area contributed by atoms with Gasteiger partial charge in [-0.1, -0.05) is 12.1 Å². The Balaban J connectivity index is 1.77. The highest BCUT2D eigenvalue weighted by Gasteiger charge is 2.17. The minimum atomic E-state index is -1.14. The van der Waals surface area contributed by atoms with Gasteiger partial charge in [-0.2, -0.15) is 0 Å². The lowest BCUT2D eigenvalue weighted by molar-refractivity contribution is -0.384. The van der Waals surface area contributed by atoms with Crippen LogP contribution < -0.4 is 10.1 Å². The minimum Gasteiger partial charge on any atom is -0.495 e. The molecule has 0 fully saturated rings. The predicted molar refractivity (Wildman–Crippen MR) is 108 cm³/mol. The van der Waals surface area contributed by atoms with Crippen LogP contribution in [-0.2, 0) is 4.79 Å². The number of para-hydroxylation sites is 1. The second kappa shape index (κ2) is 8.74. The lowest BCUT2D eigenvalue weighted by Gasteiger charge is -2.09. The van der Waals surface area contributed by atoms with E-state index in [4.69, 9.17) is 14.3 Å². The molecule has 0 aliphatic heterocycles. The van der Waals surface area contributed by atoms with Gasteiger partial charge < -0.3 is 19.6 Å². The van der Waals surface area contributed by atoms with Crippen LogP contribution in [-0.4, -0.2) is 29.0 Å². The number of anilines is 1. The molecule has 152 valence electrons. The van der Waals surface area contributed by atoms with Crippen molar-refractivity contribution >= 4 is 29.3 Å². The van der Waals surface area contributed by atoms with Gasteiger partial charge in [-0.25, -0.2) is 4.79 Å². The zero-order valence-electron chi connectivity index (χ0n) is 15.7. The number of benzene rings is 2. The summed E-state index contributed by atoms with van der Waals surface area (Å²) in [5.41, 5.74) is 0.426. The van der Waals surface area contributed by atoms with E-state index in [0.29, 0.717) is 17.1 Å². The Hall–Kier alpha value is -4.40. The van der Waals surface area contributed by atoms with Crippen LogP contribution in [0.4, 0.5) is 11.4 Å². The first-order valence-corrected chi connectivity index (χ1v) is 8.63. The Bertz CT molecular complexity index is 1150. The van der Waals surface area contributed by atoms with Gasteiger partial charge >= 0.3 is 5.97 Å². The molecule has 3 rings (SSSR count). The van der Waals surface area contributed by atoms with E-state index in [1.807, 2.05) is 0 Å². The van der Waals surface area contributed by atoms with Crippen LogP contribution in [0.1, 0.15) is 16.1 Å². The van der Waals surface area contributed by atoms with Gasteiger partial charge in [-0.3, -0.25) is 14.9 Å². The second-order valence-electron chi connectivity index (χ2n) is 6.02. The average Bonchev–Trinajstić information content (AvgIpc) is 3.21. The lowest BCUT2D eigenvalue weighted by Crippen LogP contribution is -2.10. The number of carbonyl (C=O) groups excluding carboxylic acids is 1. The van der Waals surface area contributed by atoms with Crippen LogP contribution >= 0.6 is 0 Å². The van der Waals surface area contributed by atoms with Gasteiger partial charge in [-0.05, 0) is 42.5 Å². The van der Waals surface area contributed by atoms with Gasteiger partial charge in [0.2, 0.25) is 5.91 Å². The highest BCUT2D eigenvalue weighted by Crippen LogP contribution is 2.31. The Morgan fingerprint density at radius 1 is 1.17 bits per heavy atom. The maximum absolute atomic E-state index is 12.2. The lowest BCUT2D eigenvalue weighted by atomic mass is 10.1. The number of furan rings is 1. The Labute approximate surface area is 170 Å². The number of methoxy groups -OCH3 is 1. The molecule has 0 atom stereocenters. The van der Waals surface area contributed by atoms with E-state index in [1.165, 1.54) is 43.5 Å².